The molecule has 0 saturated heterocycles. The van der Waals surface area contributed by atoms with E-state index < -0.39 is 0 Å². The first-order valence-corrected chi connectivity index (χ1v) is 16.9. The summed E-state index contributed by atoms with van der Waals surface area (Å²) < 4.78 is 0. The van der Waals surface area contributed by atoms with Crippen LogP contribution in [0.15, 0.2) is 0 Å². The summed E-state index contributed by atoms with van der Waals surface area (Å²) in [5, 5.41) is 0. The SMILES string of the molecule is CCC.CCC(C)C.CCC(C)C.CCC(C)C.CCC(C)C.CCC(C)C(C)C.CCC(C)C(C)C. The summed E-state index contributed by atoms with van der Waals surface area (Å²) in [5.74, 6) is 7.07. The van der Waals surface area contributed by atoms with E-state index in [1.807, 2.05) is 0 Å². The third kappa shape index (κ3) is 104. The highest BCUT2D eigenvalue weighted by Crippen LogP contribution is 2.12. The van der Waals surface area contributed by atoms with Gasteiger partial charge in [-0.25, -0.2) is 0 Å². The van der Waals surface area contributed by atoms with Crippen molar-refractivity contribution in [3.05, 3.63) is 0 Å². The van der Waals surface area contributed by atoms with E-state index in [1.165, 1.54) is 44.9 Å². The van der Waals surface area contributed by atoms with E-state index in [2.05, 4.69) is 152 Å². The number of rotatable bonds is 8. The Morgan fingerprint density at radius 1 is 0.270 bits per heavy atom. The third-order valence-corrected chi connectivity index (χ3v) is 6.83. The largest absolute Gasteiger partial charge is 0.0656 e. The third-order valence-electron chi connectivity index (χ3n) is 6.83. The molecule has 0 spiro atoms. The lowest BCUT2D eigenvalue weighted by Crippen LogP contribution is -2.00. The van der Waals surface area contributed by atoms with E-state index in [0.29, 0.717) is 0 Å². The molecule has 0 N–H and O–H groups in total. The Bertz CT molecular complexity index is 249. The molecule has 2 atom stereocenters. The van der Waals surface area contributed by atoms with Crippen molar-refractivity contribution in [1.82, 2.24) is 0 Å². The minimum Gasteiger partial charge on any atom is -0.0656 e. The van der Waals surface area contributed by atoms with Crippen LogP contribution in [-0.2, 0) is 0 Å². The molecule has 0 nitrogen and oxygen atoms in total. The highest BCUT2D eigenvalue weighted by Gasteiger charge is 2.01. The van der Waals surface area contributed by atoms with Crippen LogP contribution < -0.4 is 0 Å². The van der Waals surface area contributed by atoms with Crippen molar-refractivity contribution in [3.8, 4) is 0 Å². The zero-order chi connectivity index (χ0) is 31.6. The number of hydrogen-bond donors (Lipinski definition) is 0. The second kappa shape index (κ2) is 45.9. The summed E-state index contributed by atoms with van der Waals surface area (Å²) >= 11 is 0. The summed E-state index contributed by atoms with van der Waals surface area (Å²) in [6.07, 6.45) is 9.11. The molecule has 0 heterocycles. The first-order chi connectivity index (χ1) is 16.9. The monoisotopic (exact) mass is 533 g/mol. The Morgan fingerprint density at radius 3 is 0.378 bits per heavy atom. The van der Waals surface area contributed by atoms with Gasteiger partial charge in [0.05, 0.1) is 0 Å². The van der Waals surface area contributed by atoms with Crippen molar-refractivity contribution in [2.24, 2.45) is 47.3 Å². The van der Waals surface area contributed by atoms with Gasteiger partial charge in [0.1, 0.15) is 0 Å². The predicted molar refractivity (Wildman–Crippen MR) is 185 cm³/mol. The molecular formula is C37H88. The van der Waals surface area contributed by atoms with Gasteiger partial charge in [-0.15, -0.1) is 0 Å². The Balaban J connectivity index is -0.0000000575. The van der Waals surface area contributed by atoms with Crippen LogP contribution >= 0.6 is 0 Å². The van der Waals surface area contributed by atoms with E-state index in [0.717, 1.165) is 47.3 Å². The maximum Gasteiger partial charge on any atom is -0.0422 e. The van der Waals surface area contributed by atoms with Crippen LogP contribution in [0.2, 0.25) is 0 Å². The van der Waals surface area contributed by atoms with Gasteiger partial charge in [0.25, 0.3) is 0 Å². The first-order valence-electron chi connectivity index (χ1n) is 16.9. The van der Waals surface area contributed by atoms with Crippen LogP contribution in [0.25, 0.3) is 0 Å². The zero-order valence-electron chi connectivity index (χ0n) is 31.6. The highest BCUT2D eigenvalue weighted by atomic mass is 14.1. The smallest absolute Gasteiger partial charge is 0.0422 e. The molecule has 2 unspecified atom stereocenters. The fraction of sp³-hybridized carbons (Fsp3) is 1.00. The average molecular weight is 533 g/mol. The van der Waals surface area contributed by atoms with E-state index in [4.69, 9.17) is 0 Å². The van der Waals surface area contributed by atoms with Gasteiger partial charge in [-0.2, -0.15) is 0 Å². The molecule has 37 heavy (non-hydrogen) atoms. The molecule has 0 amide bonds. The van der Waals surface area contributed by atoms with Crippen LogP contribution in [0.4, 0.5) is 0 Å². The molecule has 0 aromatic carbocycles. The van der Waals surface area contributed by atoms with Crippen molar-refractivity contribution < 1.29 is 0 Å². The molecule has 0 aliphatic rings. The summed E-state index contributed by atoms with van der Waals surface area (Å²) in [4.78, 5) is 0. The van der Waals surface area contributed by atoms with E-state index >= 15 is 0 Å². The Hall–Kier alpha value is 0. The Kier molecular flexibility index (Phi) is 66.1. The molecule has 0 aromatic rings. The summed E-state index contributed by atoms with van der Waals surface area (Å²) in [5.41, 5.74) is 0. The van der Waals surface area contributed by atoms with Gasteiger partial charge in [-0.3, -0.25) is 0 Å². The lowest BCUT2D eigenvalue weighted by atomic mass is 9.96. The molecule has 0 aromatic heterocycles. The van der Waals surface area contributed by atoms with Crippen LogP contribution in [0.3, 0.4) is 0 Å². The topological polar surface area (TPSA) is 0 Å². The lowest BCUT2D eigenvalue weighted by Gasteiger charge is -2.10. The maximum absolute atomic E-state index is 2.30. The standard InChI is InChI=1S/2C7H16.4C5H12.C3H8/c2*1-5-7(4)6(2)3;4*1-4-5(2)3;1-3-2/h2*6-7H,5H2,1-4H3;4*5H,4H2,1-3H3;3H2,1-2H3. The second-order valence-corrected chi connectivity index (χ2v) is 13.2. The van der Waals surface area contributed by atoms with E-state index in [1.54, 1.807) is 0 Å². The number of hydrogen-bond acceptors (Lipinski definition) is 0. The lowest BCUT2D eigenvalue weighted by molar-refractivity contribution is 0.407. The van der Waals surface area contributed by atoms with Crippen molar-refractivity contribution in [2.75, 3.05) is 0 Å². The van der Waals surface area contributed by atoms with Gasteiger partial charge in [-0.05, 0) is 47.3 Å². The minimum atomic E-state index is 0.866. The van der Waals surface area contributed by atoms with Crippen LogP contribution in [-0.4, -0.2) is 0 Å². The molecule has 0 fully saturated rings. The second-order valence-electron chi connectivity index (χ2n) is 13.2. The van der Waals surface area contributed by atoms with Crippen molar-refractivity contribution in [1.29, 1.82) is 0 Å². The molecule has 0 aliphatic heterocycles. The quantitative estimate of drug-likeness (QED) is 0.291. The molecule has 0 saturated carbocycles. The predicted octanol–water partition coefficient (Wildman–Crippen LogP) is 15.0. The van der Waals surface area contributed by atoms with Gasteiger partial charge >= 0.3 is 0 Å². The Labute approximate surface area is 244 Å². The highest BCUT2D eigenvalue weighted by molar-refractivity contribution is 4.52. The molecule has 0 aliphatic carbocycles. The molecule has 236 valence electrons. The van der Waals surface area contributed by atoms with Gasteiger partial charge in [-0.1, -0.05) is 197 Å². The van der Waals surface area contributed by atoms with Crippen LogP contribution in [0, 0.1) is 47.3 Å². The maximum atomic E-state index is 2.30. The van der Waals surface area contributed by atoms with E-state index in [9.17, 15) is 0 Å². The molecule has 0 radical (unpaired) electrons. The summed E-state index contributed by atoms with van der Waals surface area (Å²) in [6, 6.07) is 0. The molecule has 0 bridgehead atoms. The molecular weight excluding hydrogens is 444 g/mol. The van der Waals surface area contributed by atoms with E-state index in [-0.39, 0.29) is 0 Å². The van der Waals surface area contributed by atoms with Gasteiger partial charge in [0.15, 0.2) is 0 Å². The summed E-state index contributed by atoms with van der Waals surface area (Å²) in [6.45, 7) is 49.0. The minimum absolute atomic E-state index is 0.866. The van der Waals surface area contributed by atoms with Crippen LogP contribution in [0.5, 0.6) is 0 Å². The van der Waals surface area contributed by atoms with Crippen molar-refractivity contribution >= 4 is 0 Å². The molecule has 0 heteroatoms. The van der Waals surface area contributed by atoms with Crippen LogP contribution in [0.1, 0.15) is 197 Å². The van der Waals surface area contributed by atoms with Gasteiger partial charge < -0.3 is 0 Å². The molecule has 0 rings (SSSR count). The van der Waals surface area contributed by atoms with Gasteiger partial charge in [0, 0.05) is 0 Å². The van der Waals surface area contributed by atoms with Crippen molar-refractivity contribution in [3.63, 3.8) is 0 Å². The summed E-state index contributed by atoms with van der Waals surface area (Å²) in [7, 11) is 0. The fourth-order valence-electron chi connectivity index (χ4n) is 0.943. The Morgan fingerprint density at radius 2 is 0.378 bits per heavy atom. The van der Waals surface area contributed by atoms with Crippen molar-refractivity contribution in [2.45, 2.75) is 197 Å². The first kappa shape index (κ1) is 53.3. The average Bonchev–Trinajstić information content (AvgIpc) is 2.84. The zero-order valence-corrected chi connectivity index (χ0v) is 31.6. The fourth-order valence-corrected chi connectivity index (χ4v) is 0.943. The van der Waals surface area contributed by atoms with Gasteiger partial charge in [0.2, 0.25) is 0 Å². The normalized spacial score (nSPS) is 11.4.